The zero-order chi connectivity index (χ0) is 17.7. The van der Waals surface area contributed by atoms with E-state index in [9.17, 15) is 4.79 Å². The summed E-state index contributed by atoms with van der Waals surface area (Å²) < 4.78 is 7.06. The van der Waals surface area contributed by atoms with E-state index in [0.29, 0.717) is 18.1 Å². The molecule has 0 radical (unpaired) electrons. The number of thioether (sulfide) groups is 1. The fraction of sp³-hybridized carbons (Fsp3) is 0.529. The van der Waals surface area contributed by atoms with Crippen LogP contribution in [0.15, 0.2) is 10.3 Å². The van der Waals surface area contributed by atoms with Gasteiger partial charge < -0.3 is 9.72 Å². The summed E-state index contributed by atoms with van der Waals surface area (Å²) in [5, 5.41) is 14.4. The predicted molar refractivity (Wildman–Crippen MR) is 95.5 cm³/mol. The topological polar surface area (TPSA) is 85.2 Å². The van der Waals surface area contributed by atoms with Crippen LogP contribution in [0.2, 0.25) is 0 Å². The number of rotatable bonds is 4. The number of aromatic nitrogens is 4. The van der Waals surface area contributed by atoms with Crippen LogP contribution >= 0.6 is 11.8 Å². The summed E-state index contributed by atoms with van der Waals surface area (Å²) in [5.41, 5.74) is 4.10. The number of nitrogens with zero attached hydrogens (tertiary/aromatic N) is 4. The Morgan fingerprint density at radius 1 is 1.36 bits per heavy atom. The van der Waals surface area contributed by atoms with Gasteiger partial charge >= 0.3 is 5.97 Å². The van der Waals surface area contributed by atoms with Crippen molar-refractivity contribution in [3.8, 4) is 0 Å². The Hall–Kier alpha value is -2.09. The summed E-state index contributed by atoms with van der Waals surface area (Å²) in [6.07, 6.45) is 2.30. The van der Waals surface area contributed by atoms with E-state index in [4.69, 9.17) is 9.84 Å². The number of hydrogen-bond acceptors (Lipinski definition) is 6. The number of ether oxygens (including phenoxy) is 1. The minimum atomic E-state index is -0.291. The fourth-order valence-electron chi connectivity index (χ4n) is 3.21. The maximum absolute atomic E-state index is 12.3. The maximum atomic E-state index is 12.3. The van der Waals surface area contributed by atoms with E-state index >= 15 is 0 Å². The molecule has 1 aliphatic carbocycles. The number of nitrogens with one attached hydrogen (secondary N) is 1. The smallest absolute Gasteiger partial charge is 0.340 e. The van der Waals surface area contributed by atoms with Gasteiger partial charge in [-0.15, -0.1) is 10.2 Å². The molecule has 0 bridgehead atoms. The average Bonchev–Trinajstić information content (AvgIpc) is 3.26. The summed E-state index contributed by atoms with van der Waals surface area (Å²) in [5.74, 6) is 1.13. The highest BCUT2D eigenvalue weighted by Gasteiger charge is 2.35. The van der Waals surface area contributed by atoms with E-state index in [2.05, 4.69) is 22.1 Å². The molecule has 8 heteroatoms. The third kappa shape index (κ3) is 2.68. The molecule has 0 spiro atoms. The quantitative estimate of drug-likeness (QED) is 0.848. The molecule has 2 aromatic rings. The normalized spacial score (nSPS) is 19.5. The Bertz CT molecular complexity index is 878. The minimum Gasteiger partial charge on any atom is -0.462 e. The van der Waals surface area contributed by atoms with Crippen LogP contribution < -0.4 is 0 Å². The van der Waals surface area contributed by atoms with Gasteiger partial charge in [0.2, 0.25) is 5.16 Å². The third-order valence-corrected chi connectivity index (χ3v) is 5.67. The summed E-state index contributed by atoms with van der Waals surface area (Å²) in [6, 6.07) is 0. The number of hydrogen-bond donors (Lipinski definition) is 1. The van der Waals surface area contributed by atoms with E-state index in [1.165, 1.54) is 0 Å². The van der Waals surface area contributed by atoms with Crippen LogP contribution in [0.4, 0.5) is 0 Å². The van der Waals surface area contributed by atoms with Gasteiger partial charge in [0, 0.05) is 11.6 Å². The highest BCUT2D eigenvalue weighted by Crippen LogP contribution is 2.41. The van der Waals surface area contributed by atoms with Crippen molar-refractivity contribution in [2.24, 2.45) is 5.10 Å². The average molecular weight is 359 g/mol. The Balaban J connectivity index is 1.78. The molecule has 2 aliphatic rings. The van der Waals surface area contributed by atoms with Gasteiger partial charge in [-0.2, -0.15) is 9.78 Å². The molecule has 1 aliphatic heterocycles. The molecular weight excluding hydrogens is 338 g/mol. The molecule has 1 saturated carbocycles. The minimum absolute atomic E-state index is 0.121. The van der Waals surface area contributed by atoms with Gasteiger partial charge in [-0.25, -0.2) is 4.79 Å². The molecule has 0 amide bonds. The van der Waals surface area contributed by atoms with E-state index in [1.54, 1.807) is 11.8 Å². The lowest BCUT2D eigenvalue weighted by Crippen LogP contribution is -2.23. The molecule has 0 aromatic carbocycles. The SMILES string of the molecule is CCOC(=O)c1c(C)[nH]c(C2=Nn3c(nnc3C3CC3)S[C@@H]2C)c1C. The lowest BCUT2D eigenvalue weighted by molar-refractivity contribution is 0.0525. The Morgan fingerprint density at radius 2 is 2.12 bits per heavy atom. The van der Waals surface area contributed by atoms with Crippen molar-refractivity contribution in [2.45, 2.75) is 56.9 Å². The van der Waals surface area contributed by atoms with E-state index in [0.717, 1.165) is 46.5 Å². The van der Waals surface area contributed by atoms with Crippen molar-refractivity contribution in [3.05, 3.63) is 28.3 Å². The summed E-state index contributed by atoms with van der Waals surface area (Å²) in [4.78, 5) is 15.6. The van der Waals surface area contributed by atoms with Gasteiger partial charge in [-0.05, 0) is 46.1 Å². The standard InChI is InChI=1S/C17H21N5O2S/c1-5-24-16(23)12-8(2)13(18-9(12)3)14-10(4)25-17-20-19-15(11-6-7-11)22(17)21-14/h10-11,18H,5-7H2,1-4H3/t10-/m1/s1. The molecule has 0 unspecified atom stereocenters. The largest absolute Gasteiger partial charge is 0.462 e. The molecule has 1 N–H and O–H groups in total. The lowest BCUT2D eigenvalue weighted by atomic mass is 10.1. The van der Waals surface area contributed by atoms with E-state index in [-0.39, 0.29) is 11.2 Å². The molecule has 0 saturated heterocycles. The lowest BCUT2D eigenvalue weighted by Gasteiger charge is -2.19. The second-order valence-electron chi connectivity index (χ2n) is 6.52. The van der Waals surface area contributed by atoms with Gasteiger partial charge in [-0.1, -0.05) is 11.8 Å². The molecule has 2 aromatic heterocycles. The van der Waals surface area contributed by atoms with E-state index < -0.39 is 0 Å². The highest BCUT2D eigenvalue weighted by atomic mass is 32.2. The first kappa shape index (κ1) is 16.4. The second kappa shape index (κ2) is 6.01. The van der Waals surface area contributed by atoms with Crippen LogP contribution in [0, 0.1) is 13.8 Å². The van der Waals surface area contributed by atoms with Gasteiger partial charge in [0.15, 0.2) is 5.82 Å². The van der Waals surface area contributed by atoms with Crippen LogP contribution in [-0.4, -0.2) is 43.4 Å². The van der Waals surface area contributed by atoms with Crippen LogP contribution in [-0.2, 0) is 4.74 Å². The number of carbonyl (C=O) groups excluding carboxylic acids is 1. The van der Waals surface area contributed by atoms with Crippen molar-refractivity contribution in [1.29, 1.82) is 0 Å². The predicted octanol–water partition coefficient (Wildman–Crippen LogP) is 3.02. The molecule has 132 valence electrons. The second-order valence-corrected chi connectivity index (χ2v) is 7.83. The molecule has 25 heavy (non-hydrogen) atoms. The van der Waals surface area contributed by atoms with Gasteiger partial charge in [0.1, 0.15) is 0 Å². The monoisotopic (exact) mass is 359 g/mol. The first-order chi connectivity index (χ1) is 12.0. The summed E-state index contributed by atoms with van der Waals surface area (Å²) in [7, 11) is 0. The van der Waals surface area contributed by atoms with Gasteiger partial charge in [0.05, 0.1) is 28.8 Å². The van der Waals surface area contributed by atoms with Crippen molar-refractivity contribution in [1.82, 2.24) is 19.9 Å². The van der Waals surface area contributed by atoms with Crippen molar-refractivity contribution in [3.63, 3.8) is 0 Å². The van der Waals surface area contributed by atoms with Crippen molar-refractivity contribution < 1.29 is 9.53 Å². The van der Waals surface area contributed by atoms with Crippen LogP contribution in [0.3, 0.4) is 0 Å². The summed E-state index contributed by atoms with van der Waals surface area (Å²) >= 11 is 1.65. The van der Waals surface area contributed by atoms with Crippen LogP contribution in [0.1, 0.15) is 65.7 Å². The Labute approximate surface area is 150 Å². The first-order valence-corrected chi connectivity index (χ1v) is 9.46. The zero-order valence-electron chi connectivity index (χ0n) is 14.8. The number of fused-ring (bicyclic) bond motifs is 1. The van der Waals surface area contributed by atoms with Crippen LogP contribution in [0.5, 0.6) is 0 Å². The number of H-pyrrole nitrogens is 1. The number of carbonyl (C=O) groups is 1. The van der Waals surface area contributed by atoms with Gasteiger partial charge in [-0.3, -0.25) is 0 Å². The van der Waals surface area contributed by atoms with E-state index in [1.807, 2.05) is 25.4 Å². The number of aryl methyl sites for hydroxylation is 1. The third-order valence-electron chi connectivity index (χ3n) is 4.63. The van der Waals surface area contributed by atoms with Crippen molar-refractivity contribution >= 4 is 23.4 Å². The first-order valence-electron chi connectivity index (χ1n) is 8.58. The molecule has 4 rings (SSSR count). The number of esters is 1. The Morgan fingerprint density at radius 3 is 2.80 bits per heavy atom. The fourth-order valence-corrected chi connectivity index (χ4v) is 4.13. The molecular formula is C17H21N5O2S. The molecule has 7 nitrogen and oxygen atoms in total. The highest BCUT2D eigenvalue weighted by molar-refractivity contribution is 8.00. The maximum Gasteiger partial charge on any atom is 0.340 e. The molecule has 3 heterocycles. The Kier molecular flexibility index (Phi) is 3.94. The zero-order valence-corrected chi connectivity index (χ0v) is 15.6. The summed E-state index contributed by atoms with van der Waals surface area (Å²) in [6.45, 7) is 8.10. The van der Waals surface area contributed by atoms with Crippen LogP contribution in [0.25, 0.3) is 0 Å². The molecule has 1 atom stereocenters. The number of aromatic amines is 1. The van der Waals surface area contributed by atoms with Crippen molar-refractivity contribution in [2.75, 3.05) is 6.61 Å². The molecule has 1 fully saturated rings. The van der Waals surface area contributed by atoms with Gasteiger partial charge in [0.25, 0.3) is 0 Å².